The Kier molecular flexibility index (Phi) is 4.75. The fourth-order valence-electron chi connectivity index (χ4n) is 2.01. The number of rotatable bonds is 4. The number of hydrogen-bond donors (Lipinski definition) is 2. The van der Waals surface area contributed by atoms with Gasteiger partial charge in [-0.25, -0.2) is 0 Å². The van der Waals surface area contributed by atoms with Gasteiger partial charge in [0, 0.05) is 12.2 Å². The van der Waals surface area contributed by atoms with Crippen LogP contribution in [0.1, 0.15) is 16.7 Å². The van der Waals surface area contributed by atoms with Gasteiger partial charge in [-0.15, -0.1) is 0 Å². The van der Waals surface area contributed by atoms with Crippen LogP contribution < -0.4 is 10.1 Å². The van der Waals surface area contributed by atoms with Gasteiger partial charge in [0.1, 0.15) is 0 Å². The molecular formula is C16H18INO2. The Balaban J connectivity index is 2.19. The van der Waals surface area contributed by atoms with Crippen LogP contribution in [0.25, 0.3) is 0 Å². The van der Waals surface area contributed by atoms with Gasteiger partial charge in [-0.3, -0.25) is 0 Å². The van der Waals surface area contributed by atoms with E-state index in [1.165, 1.54) is 11.1 Å². The third-order valence-corrected chi connectivity index (χ3v) is 4.01. The number of benzene rings is 2. The summed E-state index contributed by atoms with van der Waals surface area (Å²) in [5.74, 6) is 0.707. The number of aryl methyl sites for hydroxylation is 2. The largest absolute Gasteiger partial charge is 0.504 e. The smallest absolute Gasteiger partial charge is 0.171 e. The number of nitrogens with one attached hydrogen (secondary N) is 1. The molecule has 2 aromatic carbocycles. The number of halogens is 1. The van der Waals surface area contributed by atoms with E-state index in [1.54, 1.807) is 7.11 Å². The molecule has 4 heteroatoms. The Labute approximate surface area is 133 Å². The predicted octanol–water partition coefficient (Wildman–Crippen LogP) is 4.23. The lowest BCUT2D eigenvalue weighted by atomic mass is 10.1. The van der Waals surface area contributed by atoms with Gasteiger partial charge in [0.15, 0.2) is 11.5 Å². The van der Waals surface area contributed by atoms with Crippen LogP contribution in [-0.4, -0.2) is 12.2 Å². The molecule has 0 aliphatic carbocycles. The maximum Gasteiger partial charge on any atom is 0.171 e. The van der Waals surface area contributed by atoms with Crippen molar-refractivity contribution in [3.63, 3.8) is 0 Å². The molecule has 0 aliphatic rings. The van der Waals surface area contributed by atoms with Crippen LogP contribution >= 0.6 is 22.6 Å². The van der Waals surface area contributed by atoms with Crippen LogP contribution in [0.5, 0.6) is 11.5 Å². The zero-order chi connectivity index (χ0) is 14.7. The van der Waals surface area contributed by atoms with Gasteiger partial charge in [-0.05, 0) is 71.3 Å². The van der Waals surface area contributed by atoms with Crippen LogP contribution in [0.4, 0.5) is 5.69 Å². The normalized spacial score (nSPS) is 10.4. The SMILES string of the molecule is COc1cc(CNc2cc(C)ccc2C)cc(I)c1O. The zero-order valence-corrected chi connectivity index (χ0v) is 14.0. The molecule has 0 radical (unpaired) electrons. The van der Waals surface area contributed by atoms with Crippen molar-refractivity contribution >= 4 is 28.3 Å². The molecule has 2 rings (SSSR count). The Bertz CT molecular complexity index is 626. The van der Waals surface area contributed by atoms with E-state index in [0.717, 1.165) is 14.8 Å². The van der Waals surface area contributed by atoms with E-state index in [-0.39, 0.29) is 5.75 Å². The van der Waals surface area contributed by atoms with Crippen molar-refractivity contribution in [3.05, 3.63) is 50.6 Å². The molecule has 3 nitrogen and oxygen atoms in total. The van der Waals surface area contributed by atoms with Gasteiger partial charge >= 0.3 is 0 Å². The molecule has 0 saturated carbocycles. The summed E-state index contributed by atoms with van der Waals surface area (Å²) < 4.78 is 5.97. The highest BCUT2D eigenvalue weighted by Crippen LogP contribution is 2.32. The summed E-state index contributed by atoms with van der Waals surface area (Å²) in [5, 5.41) is 13.3. The molecule has 0 aromatic heterocycles. The standard InChI is InChI=1S/C16H18INO2/c1-10-4-5-11(2)14(6-10)18-9-12-7-13(17)16(19)15(8-12)20-3/h4-8,18-19H,9H2,1-3H3. The summed E-state index contributed by atoms with van der Waals surface area (Å²) in [6.07, 6.45) is 0. The summed E-state index contributed by atoms with van der Waals surface area (Å²) in [6.45, 7) is 4.86. The quantitative estimate of drug-likeness (QED) is 0.777. The molecule has 0 saturated heterocycles. The van der Waals surface area contributed by atoms with Crippen molar-refractivity contribution in [2.24, 2.45) is 0 Å². The molecular weight excluding hydrogens is 365 g/mol. The molecule has 0 bridgehead atoms. The van der Waals surface area contributed by atoms with E-state index in [1.807, 2.05) is 12.1 Å². The van der Waals surface area contributed by atoms with Gasteiger partial charge in [0.2, 0.25) is 0 Å². The van der Waals surface area contributed by atoms with Crippen LogP contribution in [0.15, 0.2) is 30.3 Å². The van der Waals surface area contributed by atoms with Crippen molar-refractivity contribution in [1.82, 2.24) is 0 Å². The first-order valence-corrected chi connectivity index (χ1v) is 7.45. The molecule has 0 amide bonds. The summed E-state index contributed by atoms with van der Waals surface area (Å²) in [6, 6.07) is 10.2. The molecule has 0 aliphatic heterocycles. The number of hydrogen-bond acceptors (Lipinski definition) is 3. The summed E-state index contributed by atoms with van der Waals surface area (Å²) in [5.41, 5.74) is 4.66. The highest BCUT2D eigenvalue weighted by atomic mass is 127. The molecule has 0 unspecified atom stereocenters. The minimum atomic E-state index is 0.198. The van der Waals surface area contributed by atoms with Crippen LogP contribution in [-0.2, 0) is 6.54 Å². The van der Waals surface area contributed by atoms with Crippen molar-refractivity contribution in [1.29, 1.82) is 0 Å². The van der Waals surface area contributed by atoms with E-state index in [0.29, 0.717) is 12.3 Å². The molecule has 106 valence electrons. The molecule has 0 spiro atoms. The second-order valence-electron chi connectivity index (χ2n) is 4.80. The number of phenolic OH excluding ortho intramolecular Hbond substituents is 1. The monoisotopic (exact) mass is 383 g/mol. The van der Waals surface area contributed by atoms with Gasteiger partial charge in [0.25, 0.3) is 0 Å². The highest BCUT2D eigenvalue weighted by molar-refractivity contribution is 14.1. The summed E-state index contributed by atoms with van der Waals surface area (Å²) >= 11 is 2.11. The van der Waals surface area contributed by atoms with Crippen molar-refractivity contribution in [3.8, 4) is 11.5 Å². The van der Waals surface area contributed by atoms with E-state index in [9.17, 15) is 5.11 Å². The van der Waals surface area contributed by atoms with E-state index in [2.05, 4.69) is 60.0 Å². The number of methoxy groups -OCH3 is 1. The fourth-order valence-corrected chi connectivity index (χ4v) is 2.67. The number of aromatic hydroxyl groups is 1. The maximum absolute atomic E-state index is 9.83. The molecule has 20 heavy (non-hydrogen) atoms. The molecule has 2 aromatic rings. The van der Waals surface area contributed by atoms with Gasteiger partial charge in [0.05, 0.1) is 10.7 Å². The third-order valence-electron chi connectivity index (χ3n) is 3.18. The first kappa shape index (κ1) is 15.0. The van der Waals surface area contributed by atoms with Crippen molar-refractivity contribution in [2.75, 3.05) is 12.4 Å². The van der Waals surface area contributed by atoms with Crippen LogP contribution in [0.3, 0.4) is 0 Å². The summed E-state index contributed by atoms with van der Waals surface area (Å²) in [4.78, 5) is 0. The lowest BCUT2D eigenvalue weighted by Crippen LogP contribution is -2.02. The Hall–Kier alpha value is -1.43. The first-order chi connectivity index (χ1) is 9.51. The molecule has 2 N–H and O–H groups in total. The average Bonchev–Trinajstić information content (AvgIpc) is 2.43. The lowest BCUT2D eigenvalue weighted by molar-refractivity contribution is 0.371. The summed E-state index contributed by atoms with van der Waals surface area (Å²) in [7, 11) is 1.56. The second-order valence-corrected chi connectivity index (χ2v) is 5.96. The predicted molar refractivity (Wildman–Crippen MR) is 90.6 cm³/mol. The third kappa shape index (κ3) is 3.36. The van der Waals surface area contributed by atoms with Crippen molar-refractivity contribution in [2.45, 2.75) is 20.4 Å². The van der Waals surface area contributed by atoms with E-state index >= 15 is 0 Å². The molecule has 0 heterocycles. The number of ether oxygens (including phenoxy) is 1. The lowest BCUT2D eigenvalue weighted by Gasteiger charge is -2.13. The molecule has 0 atom stereocenters. The Morgan fingerprint density at radius 2 is 1.95 bits per heavy atom. The van der Waals surface area contributed by atoms with E-state index in [4.69, 9.17) is 4.74 Å². The van der Waals surface area contributed by atoms with Gasteiger partial charge in [-0.1, -0.05) is 12.1 Å². The average molecular weight is 383 g/mol. The van der Waals surface area contributed by atoms with Crippen LogP contribution in [0.2, 0.25) is 0 Å². The zero-order valence-electron chi connectivity index (χ0n) is 11.8. The second kappa shape index (κ2) is 6.35. The molecule has 0 fully saturated rings. The highest BCUT2D eigenvalue weighted by Gasteiger charge is 2.08. The minimum absolute atomic E-state index is 0.198. The Morgan fingerprint density at radius 1 is 1.20 bits per heavy atom. The topological polar surface area (TPSA) is 41.5 Å². The maximum atomic E-state index is 9.83. The number of anilines is 1. The van der Waals surface area contributed by atoms with Gasteiger partial charge < -0.3 is 15.2 Å². The van der Waals surface area contributed by atoms with Gasteiger partial charge in [-0.2, -0.15) is 0 Å². The fraction of sp³-hybridized carbons (Fsp3) is 0.250. The Morgan fingerprint density at radius 3 is 2.65 bits per heavy atom. The van der Waals surface area contributed by atoms with Crippen molar-refractivity contribution < 1.29 is 9.84 Å². The van der Waals surface area contributed by atoms with E-state index < -0.39 is 0 Å². The minimum Gasteiger partial charge on any atom is -0.504 e. The van der Waals surface area contributed by atoms with Crippen LogP contribution in [0, 0.1) is 17.4 Å². The first-order valence-electron chi connectivity index (χ1n) is 6.37. The number of phenols is 1.